The first-order chi connectivity index (χ1) is 16.3. The molecular weight excluding hydrogens is 454 g/mol. The van der Waals surface area contributed by atoms with E-state index in [4.69, 9.17) is 14.2 Å². The molecule has 1 aliphatic heterocycles. The Kier molecular flexibility index (Phi) is 6.77. The summed E-state index contributed by atoms with van der Waals surface area (Å²) >= 11 is 1.31. The highest BCUT2D eigenvalue weighted by Crippen LogP contribution is 2.45. The number of aromatic amines is 1. The van der Waals surface area contributed by atoms with E-state index in [-0.39, 0.29) is 19.0 Å². The number of carbonyl (C=O) groups is 1. The van der Waals surface area contributed by atoms with Gasteiger partial charge in [-0.2, -0.15) is 14.6 Å². The molecule has 3 heterocycles. The summed E-state index contributed by atoms with van der Waals surface area (Å²) in [6, 6.07) is 4.11. The van der Waals surface area contributed by atoms with Crippen LogP contribution in [-0.4, -0.2) is 48.1 Å². The number of nitrogens with zero attached hydrogens (tertiary/aromatic N) is 4. The summed E-state index contributed by atoms with van der Waals surface area (Å²) in [6.07, 6.45) is 2.27. The Bertz CT molecular complexity index is 1260. The molecule has 1 atom stereocenters. The molecule has 0 bridgehead atoms. The van der Waals surface area contributed by atoms with Crippen molar-refractivity contribution in [3.8, 4) is 11.8 Å². The molecule has 9 nitrogen and oxygen atoms in total. The van der Waals surface area contributed by atoms with Crippen molar-refractivity contribution in [2.45, 2.75) is 51.7 Å². The summed E-state index contributed by atoms with van der Waals surface area (Å²) < 4.78 is 21.6. The van der Waals surface area contributed by atoms with Gasteiger partial charge in [0.25, 0.3) is 0 Å². The summed E-state index contributed by atoms with van der Waals surface area (Å²) in [7, 11) is 5.22. The van der Waals surface area contributed by atoms with Crippen LogP contribution in [0.1, 0.15) is 54.4 Å². The number of carbonyl (C=O) groups excluding carboxylic acids is 1. The number of aromatic nitrogens is 3. The number of benzene rings is 1. The molecule has 34 heavy (non-hydrogen) atoms. The number of anilines is 1. The second kappa shape index (κ2) is 9.60. The van der Waals surface area contributed by atoms with Crippen molar-refractivity contribution in [1.82, 2.24) is 14.3 Å². The van der Waals surface area contributed by atoms with Crippen molar-refractivity contribution >= 4 is 33.5 Å². The molecule has 3 aromatic rings. The lowest BCUT2D eigenvalue weighted by atomic mass is 9.84. The number of H-pyrrole nitrogens is 1. The summed E-state index contributed by atoms with van der Waals surface area (Å²) in [6.45, 7) is 4.70. The van der Waals surface area contributed by atoms with Crippen LogP contribution in [0.3, 0.4) is 0 Å². The highest BCUT2D eigenvalue weighted by molar-refractivity contribution is 7.09. The predicted octanol–water partition coefficient (Wildman–Crippen LogP) is 3.98. The van der Waals surface area contributed by atoms with Crippen LogP contribution in [0, 0.1) is 18.3 Å². The maximum atomic E-state index is 12.3. The zero-order valence-corrected chi connectivity index (χ0v) is 21.0. The van der Waals surface area contributed by atoms with E-state index >= 15 is 0 Å². The lowest BCUT2D eigenvalue weighted by molar-refractivity contribution is -0.152. The van der Waals surface area contributed by atoms with Gasteiger partial charge in [0.2, 0.25) is 5.13 Å². The van der Waals surface area contributed by atoms with E-state index in [1.807, 2.05) is 25.9 Å². The highest BCUT2D eigenvalue weighted by Gasteiger charge is 2.42. The summed E-state index contributed by atoms with van der Waals surface area (Å²) in [4.78, 5) is 22.2. The van der Waals surface area contributed by atoms with Gasteiger partial charge in [-0.05, 0) is 31.4 Å². The van der Waals surface area contributed by atoms with Crippen molar-refractivity contribution in [1.29, 1.82) is 5.26 Å². The van der Waals surface area contributed by atoms with Crippen LogP contribution in [0.5, 0.6) is 5.75 Å². The van der Waals surface area contributed by atoms with Crippen LogP contribution >= 0.6 is 11.5 Å². The van der Waals surface area contributed by atoms with Crippen LogP contribution in [0.15, 0.2) is 6.07 Å². The first-order valence-corrected chi connectivity index (χ1v) is 12.0. The standard InChI is InChI=1S/C24H29N5O4S/c1-6-8-24(11-19(30)31-5)22-16(7-9-33-24)20-15(12-25)10-17(14(2)21(20)27-22)32-13-18-26-23(29(3)4)34-28-18/h10,27H,6-9,11,13H2,1-5H3/t24-/m1/s1. The first-order valence-electron chi connectivity index (χ1n) is 11.3. The Balaban J connectivity index is 1.77. The number of nitriles is 1. The van der Waals surface area contributed by atoms with Gasteiger partial charge in [-0.1, -0.05) is 13.3 Å². The molecule has 0 fully saturated rings. The first kappa shape index (κ1) is 24.0. The molecule has 0 saturated carbocycles. The molecule has 0 amide bonds. The lowest BCUT2D eigenvalue weighted by Gasteiger charge is -2.36. The third-order valence-electron chi connectivity index (χ3n) is 6.21. The third-order valence-corrected chi connectivity index (χ3v) is 7.13. The molecule has 0 saturated heterocycles. The number of aryl methyl sites for hydroxylation is 1. The quantitative estimate of drug-likeness (QED) is 0.479. The van der Waals surface area contributed by atoms with Crippen molar-refractivity contribution in [3.05, 3.63) is 34.3 Å². The van der Waals surface area contributed by atoms with Gasteiger partial charge in [0.15, 0.2) is 5.82 Å². The van der Waals surface area contributed by atoms with Crippen molar-refractivity contribution in [2.24, 2.45) is 0 Å². The minimum absolute atomic E-state index is 0.116. The molecule has 0 radical (unpaired) electrons. The van der Waals surface area contributed by atoms with Gasteiger partial charge in [-0.3, -0.25) is 4.79 Å². The van der Waals surface area contributed by atoms with E-state index in [2.05, 4.69) is 27.3 Å². The SMILES string of the molecule is CCC[C@]1(CC(=O)OC)OCCc2c1[nH]c1c(C)c(OCc3nsc(N(C)C)n3)cc(C#N)c21. The van der Waals surface area contributed by atoms with Crippen molar-refractivity contribution in [2.75, 3.05) is 32.7 Å². The number of methoxy groups -OCH3 is 1. The molecule has 1 aliphatic rings. The van der Waals surface area contributed by atoms with Crippen LogP contribution in [0.25, 0.3) is 10.9 Å². The minimum atomic E-state index is -0.804. The largest absolute Gasteiger partial charge is 0.485 e. The van der Waals surface area contributed by atoms with Crippen LogP contribution in [0.4, 0.5) is 5.13 Å². The van der Waals surface area contributed by atoms with Gasteiger partial charge >= 0.3 is 5.97 Å². The molecule has 0 spiro atoms. The van der Waals surface area contributed by atoms with E-state index in [0.29, 0.717) is 36.6 Å². The van der Waals surface area contributed by atoms with Gasteiger partial charge in [-0.25, -0.2) is 0 Å². The third kappa shape index (κ3) is 4.21. The Hall–Kier alpha value is -3.16. The van der Waals surface area contributed by atoms with E-state index in [0.717, 1.165) is 39.3 Å². The fourth-order valence-electron chi connectivity index (χ4n) is 4.61. The molecule has 0 unspecified atom stereocenters. The maximum Gasteiger partial charge on any atom is 0.308 e. The number of nitrogens with one attached hydrogen (secondary N) is 1. The highest BCUT2D eigenvalue weighted by atomic mass is 32.1. The molecule has 4 rings (SSSR count). The smallest absolute Gasteiger partial charge is 0.308 e. The second-order valence-electron chi connectivity index (χ2n) is 8.66. The van der Waals surface area contributed by atoms with Gasteiger partial charge < -0.3 is 24.1 Å². The van der Waals surface area contributed by atoms with E-state index in [1.165, 1.54) is 18.6 Å². The number of fused-ring (bicyclic) bond motifs is 3. The predicted molar refractivity (Wildman–Crippen MR) is 129 cm³/mol. The van der Waals surface area contributed by atoms with Crippen LogP contribution in [-0.2, 0) is 32.9 Å². The fourth-order valence-corrected chi connectivity index (χ4v) is 5.20. The fraction of sp³-hybridized carbons (Fsp3) is 0.500. The van der Waals surface area contributed by atoms with Crippen molar-refractivity contribution in [3.63, 3.8) is 0 Å². The monoisotopic (exact) mass is 483 g/mol. The summed E-state index contributed by atoms with van der Waals surface area (Å²) in [5, 5.41) is 11.7. The molecule has 180 valence electrons. The van der Waals surface area contributed by atoms with Crippen LogP contribution < -0.4 is 9.64 Å². The Morgan fingerprint density at radius 2 is 2.24 bits per heavy atom. The number of esters is 1. The van der Waals surface area contributed by atoms with E-state index < -0.39 is 5.60 Å². The summed E-state index contributed by atoms with van der Waals surface area (Å²) in [5.41, 5.74) is 3.32. The topological polar surface area (TPSA) is 113 Å². The Morgan fingerprint density at radius 3 is 2.88 bits per heavy atom. The van der Waals surface area contributed by atoms with E-state index in [9.17, 15) is 10.1 Å². The molecule has 10 heteroatoms. The number of hydrogen-bond acceptors (Lipinski definition) is 9. The zero-order chi connectivity index (χ0) is 24.5. The van der Waals surface area contributed by atoms with E-state index in [1.54, 1.807) is 6.07 Å². The van der Waals surface area contributed by atoms with Crippen LogP contribution in [0.2, 0.25) is 0 Å². The molecule has 1 N–H and O–H groups in total. The Labute approximate surface area is 202 Å². The number of ether oxygens (including phenoxy) is 3. The van der Waals surface area contributed by atoms with Gasteiger partial charge in [0.05, 0.1) is 43.0 Å². The molecule has 2 aromatic heterocycles. The molecular formula is C24H29N5O4S. The van der Waals surface area contributed by atoms with Crippen molar-refractivity contribution < 1.29 is 19.0 Å². The van der Waals surface area contributed by atoms with Gasteiger partial charge in [0.1, 0.15) is 18.0 Å². The normalized spacial score (nSPS) is 17.3. The zero-order valence-electron chi connectivity index (χ0n) is 20.2. The Morgan fingerprint density at radius 1 is 1.44 bits per heavy atom. The maximum absolute atomic E-state index is 12.3. The average Bonchev–Trinajstić information content (AvgIpc) is 3.45. The summed E-state index contributed by atoms with van der Waals surface area (Å²) in [5.74, 6) is 0.860. The molecule has 0 aliphatic carbocycles. The average molecular weight is 484 g/mol. The molecule has 1 aromatic carbocycles. The lowest BCUT2D eigenvalue weighted by Crippen LogP contribution is -2.38. The second-order valence-corrected chi connectivity index (χ2v) is 9.39. The number of rotatable bonds is 8. The van der Waals surface area contributed by atoms with Gasteiger partial charge in [-0.15, -0.1) is 0 Å². The van der Waals surface area contributed by atoms with Gasteiger partial charge in [0, 0.05) is 36.6 Å². The number of hydrogen-bond donors (Lipinski definition) is 1. The minimum Gasteiger partial charge on any atom is -0.485 e.